The SMILES string of the molecule is CS(=O)(=O)N1CCN(Cc2occc2CN)CC1. The van der Waals surface area contributed by atoms with Gasteiger partial charge in [0.05, 0.1) is 19.1 Å². The van der Waals surface area contributed by atoms with Crippen molar-refractivity contribution in [2.24, 2.45) is 5.73 Å². The number of sulfonamides is 1. The molecule has 1 fully saturated rings. The van der Waals surface area contributed by atoms with Crippen molar-refractivity contribution in [1.82, 2.24) is 9.21 Å². The fraction of sp³-hybridized carbons (Fsp3) is 0.636. The van der Waals surface area contributed by atoms with Gasteiger partial charge in [0.1, 0.15) is 5.76 Å². The molecule has 0 bridgehead atoms. The first kappa shape index (κ1) is 13.5. The van der Waals surface area contributed by atoms with Gasteiger partial charge in [0.2, 0.25) is 10.0 Å². The summed E-state index contributed by atoms with van der Waals surface area (Å²) in [4.78, 5) is 2.18. The van der Waals surface area contributed by atoms with Crippen LogP contribution < -0.4 is 5.73 Å². The zero-order valence-electron chi connectivity index (χ0n) is 10.5. The molecule has 0 unspecified atom stereocenters. The predicted molar refractivity (Wildman–Crippen MR) is 68.3 cm³/mol. The lowest BCUT2D eigenvalue weighted by Crippen LogP contribution is -2.47. The molecule has 2 N–H and O–H groups in total. The Labute approximate surface area is 107 Å². The summed E-state index contributed by atoms with van der Waals surface area (Å²) in [5.74, 6) is 0.880. The Hall–Kier alpha value is -0.890. The molecule has 0 aliphatic carbocycles. The lowest BCUT2D eigenvalue weighted by molar-refractivity contribution is 0.171. The van der Waals surface area contributed by atoms with Crippen LogP contribution in [0, 0.1) is 0 Å². The maximum absolute atomic E-state index is 11.4. The Morgan fingerprint density at radius 1 is 1.33 bits per heavy atom. The molecule has 1 saturated heterocycles. The molecule has 18 heavy (non-hydrogen) atoms. The third-order valence-corrected chi connectivity index (χ3v) is 4.53. The van der Waals surface area contributed by atoms with Crippen molar-refractivity contribution in [2.45, 2.75) is 13.1 Å². The summed E-state index contributed by atoms with van der Waals surface area (Å²) in [6, 6.07) is 1.88. The molecule has 2 heterocycles. The van der Waals surface area contributed by atoms with E-state index in [1.807, 2.05) is 6.07 Å². The van der Waals surface area contributed by atoms with Gasteiger partial charge in [-0.2, -0.15) is 4.31 Å². The molecule has 0 saturated carbocycles. The number of hydrogen-bond acceptors (Lipinski definition) is 5. The molecule has 7 heteroatoms. The maximum Gasteiger partial charge on any atom is 0.211 e. The van der Waals surface area contributed by atoms with Crippen molar-refractivity contribution < 1.29 is 12.8 Å². The van der Waals surface area contributed by atoms with E-state index in [9.17, 15) is 8.42 Å². The number of piperazine rings is 1. The highest BCUT2D eigenvalue weighted by Crippen LogP contribution is 2.15. The average Bonchev–Trinajstić information content (AvgIpc) is 2.76. The summed E-state index contributed by atoms with van der Waals surface area (Å²) >= 11 is 0. The summed E-state index contributed by atoms with van der Waals surface area (Å²) < 4.78 is 29.7. The van der Waals surface area contributed by atoms with Gasteiger partial charge < -0.3 is 10.2 Å². The molecule has 1 aromatic heterocycles. The summed E-state index contributed by atoms with van der Waals surface area (Å²) in [5, 5.41) is 0. The molecule has 1 aromatic rings. The van der Waals surface area contributed by atoms with Crippen molar-refractivity contribution >= 4 is 10.0 Å². The number of hydrogen-bond donors (Lipinski definition) is 1. The number of furan rings is 1. The van der Waals surface area contributed by atoms with Gasteiger partial charge in [0, 0.05) is 38.3 Å². The van der Waals surface area contributed by atoms with Crippen LogP contribution in [0.25, 0.3) is 0 Å². The average molecular weight is 273 g/mol. The van der Waals surface area contributed by atoms with E-state index in [2.05, 4.69) is 4.90 Å². The van der Waals surface area contributed by atoms with Crippen LogP contribution in [0.5, 0.6) is 0 Å². The van der Waals surface area contributed by atoms with Crippen molar-refractivity contribution in [1.29, 1.82) is 0 Å². The third kappa shape index (κ3) is 3.11. The fourth-order valence-electron chi connectivity index (χ4n) is 2.11. The van der Waals surface area contributed by atoms with Crippen LogP contribution in [0.1, 0.15) is 11.3 Å². The lowest BCUT2D eigenvalue weighted by atomic mass is 10.2. The van der Waals surface area contributed by atoms with Gasteiger partial charge in [-0.25, -0.2) is 8.42 Å². The minimum Gasteiger partial charge on any atom is -0.468 e. The summed E-state index contributed by atoms with van der Waals surface area (Å²) in [6.07, 6.45) is 2.89. The first-order valence-corrected chi connectivity index (χ1v) is 7.78. The van der Waals surface area contributed by atoms with Crippen molar-refractivity contribution in [3.8, 4) is 0 Å². The Bertz CT molecular complexity index is 489. The second kappa shape index (κ2) is 5.40. The maximum atomic E-state index is 11.4. The molecule has 1 aliphatic rings. The van der Waals surface area contributed by atoms with Crippen LogP contribution in [-0.4, -0.2) is 50.1 Å². The Kier molecular flexibility index (Phi) is 4.06. The minimum atomic E-state index is -3.06. The molecule has 6 nitrogen and oxygen atoms in total. The number of nitrogens with zero attached hydrogens (tertiary/aromatic N) is 2. The van der Waals surface area contributed by atoms with Crippen LogP contribution >= 0.6 is 0 Å². The summed E-state index contributed by atoms with van der Waals surface area (Å²) in [5.41, 5.74) is 6.63. The van der Waals surface area contributed by atoms with Crippen molar-refractivity contribution in [3.63, 3.8) is 0 Å². The molecule has 2 rings (SSSR count). The quantitative estimate of drug-likeness (QED) is 0.823. The predicted octanol–water partition coefficient (Wildman–Crippen LogP) is -0.184. The fourth-order valence-corrected chi connectivity index (χ4v) is 2.94. The Morgan fingerprint density at radius 2 is 2.00 bits per heavy atom. The van der Waals surface area contributed by atoms with E-state index in [0.717, 1.165) is 24.4 Å². The highest BCUT2D eigenvalue weighted by atomic mass is 32.2. The van der Waals surface area contributed by atoms with Gasteiger partial charge >= 0.3 is 0 Å². The minimum absolute atomic E-state index is 0.467. The number of nitrogens with two attached hydrogens (primary N) is 1. The van der Waals surface area contributed by atoms with E-state index in [1.54, 1.807) is 6.26 Å². The highest BCUT2D eigenvalue weighted by Gasteiger charge is 2.24. The first-order valence-electron chi connectivity index (χ1n) is 5.93. The molecular formula is C11H19N3O3S. The highest BCUT2D eigenvalue weighted by molar-refractivity contribution is 7.88. The molecule has 0 aromatic carbocycles. The van der Waals surface area contributed by atoms with E-state index in [4.69, 9.17) is 10.2 Å². The number of rotatable bonds is 4. The summed E-state index contributed by atoms with van der Waals surface area (Å²) in [7, 11) is -3.06. The smallest absolute Gasteiger partial charge is 0.211 e. The Balaban J connectivity index is 1.91. The van der Waals surface area contributed by atoms with Crippen molar-refractivity contribution in [3.05, 3.63) is 23.7 Å². The van der Waals surface area contributed by atoms with Crippen LogP contribution in [-0.2, 0) is 23.1 Å². The molecular weight excluding hydrogens is 254 g/mol. The molecule has 0 radical (unpaired) electrons. The van der Waals surface area contributed by atoms with Crippen LogP contribution in [0.4, 0.5) is 0 Å². The van der Waals surface area contributed by atoms with Crippen LogP contribution in [0.2, 0.25) is 0 Å². The summed E-state index contributed by atoms with van der Waals surface area (Å²) in [6.45, 7) is 3.68. The molecule has 0 atom stereocenters. The van der Waals surface area contributed by atoms with Gasteiger partial charge in [-0.15, -0.1) is 0 Å². The van der Waals surface area contributed by atoms with E-state index in [1.165, 1.54) is 10.6 Å². The molecule has 0 amide bonds. The van der Waals surface area contributed by atoms with Crippen molar-refractivity contribution in [2.75, 3.05) is 32.4 Å². The molecule has 1 aliphatic heterocycles. The van der Waals surface area contributed by atoms with Gasteiger partial charge in [-0.3, -0.25) is 4.90 Å². The molecule has 102 valence electrons. The zero-order chi connectivity index (χ0) is 13.2. The normalized spacial score (nSPS) is 19.2. The van der Waals surface area contributed by atoms with Crippen LogP contribution in [0.3, 0.4) is 0 Å². The lowest BCUT2D eigenvalue weighted by Gasteiger charge is -2.32. The Morgan fingerprint density at radius 3 is 2.56 bits per heavy atom. The third-order valence-electron chi connectivity index (χ3n) is 3.23. The van der Waals surface area contributed by atoms with Gasteiger partial charge in [0.25, 0.3) is 0 Å². The standard InChI is InChI=1S/C11H19N3O3S/c1-18(15,16)14-5-3-13(4-6-14)9-11-10(8-12)2-7-17-11/h2,7H,3-6,8-9,12H2,1H3. The monoisotopic (exact) mass is 273 g/mol. The van der Waals surface area contributed by atoms with E-state index in [0.29, 0.717) is 26.2 Å². The van der Waals surface area contributed by atoms with Gasteiger partial charge in [-0.05, 0) is 6.07 Å². The van der Waals surface area contributed by atoms with Gasteiger partial charge in [0.15, 0.2) is 0 Å². The van der Waals surface area contributed by atoms with Crippen LogP contribution in [0.15, 0.2) is 16.7 Å². The second-order valence-corrected chi connectivity index (χ2v) is 6.49. The first-order chi connectivity index (χ1) is 8.50. The van der Waals surface area contributed by atoms with E-state index in [-0.39, 0.29) is 0 Å². The second-order valence-electron chi connectivity index (χ2n) is 4.51. The van der Waals surface area contributed by atoms with E-state index < -0.39 is 10.0 Å². The zero-order valence-corrected chi connectivity index (χ0v) is 11.3. The largest absolute Gasteiger partial charge is 0.468 e. The molecule has 0 spiro atoms. The topological polar surface area (TPSA) is 79.8 Å². The van der Waals surface area contributed by atoms with Gasteiger partial charge in [-0.1, -0.05) is 0 Å². The van der Waals surface area contributed by atoms with E-state index >= 15 is 0 Å².